The number of nitrogens with zero attached hydrogens (tertiary/aromatic N) is 5. The first-order chi connectivity index (χ1) is 17.1. The first-order valence-electron chi connectivity index (χ1n) is 12.4. The molecule has 1 saturated heterocycles. The summed E-state index contributed by atoms with van der Waals surface area (Å²) in [5, 5.41) is 12.9. The molecule has 1 aliphatic rings. The van der Waals surface area contributed by atoms with E-state index in [1.807, 2.05) is 52.4 Å². The number of rotatable bonds is 7. The molecular weight excluding hydrogens is 460 g/mol. The smallest absolute Gasteiger partial charge is 0.407 e. The number of aryl methyl sites for hydroxylation is 2. The molecule has 10 heteroatoms. The molecule has 1 fully saturated rings. The van der Waals surface area contributed by atoms with Gasteiger partial charge in [0.05, 0.1) is 40.9 Å². The predicted molar refractivity (Wildman–Crippen MR) is 138 cm³/mol. The summed E-state index contributed by atoms with van der Waals surface area (Å²) in [5.41, 5.74) is 3.49. The summed E-state index contributed by atoms with van der Waals surface area (Å²) in [6.07, 6.45) is 5.68. The predicted octanol–water partition coefficient (Wildman–Crippen LogP) is 4.77. The van der Waals surface area contributed by atoms with E-state index in [0.29, 0.717) is 5.88 Å². The van der Waals surface area contributed by atoms with Gasteiger partial charge in [-0.25, -0.2) is 14.2 Å². The van der Waals surface area contributed by atoms with Crippen molar-refractivity contribution in [2.75, 3.05) is 13.2 Å². The van der Waals surface area contributed by atoms with Gasteiger partial charge in [-0.05, 0) is 66.0 Å². The van der Waals surface area contributed by atoms with Gasteiger partial charge < -0.3 is 19.5 Å². The highest BCUT2D eigenvalue weighted by atomic mass is 16.6. The Bertz CT molecular complexity index is 1250. The highest BCUT2D eigenvalue weighted by Crippen LogP contribution is 2.35. The van der Waals surface area contributed by atoms with Gasteiger partial charge in [0, 0.05) is 19.0 Å². The number of hydrogen-bond acceptors (Lipinski definition) is 7. The van der Waals surface area contributed by atoms with Gasteiger partial charge in [0.1, 0.15) is 11.7 Å². The van der Waals surface area contributed by atoms with E-state index in [0.717, 1.165) is 59.4 Å². The molecule has 0 spiro atoms. The topological polar surface area (TPSA) is 105 Å². The minimum Gasteiger partial charge on any atom is -0.472 e. The Morgan fingerprint density at radius 1 is 1.39 bits per heavy atom. The highest BCUT2D eigenvalue weighted by Gasteiger charge is 2.24. The molecule has 1 unspecified atom stereocenters. The normalized spacial score (nSPS) is 17.1. The van der Waals surface area contributed by atoms with E-state index in [2.05, 4.69) is 17.0 Å². The molecule has 2 atom stereocenters. The van der Waals surface area contributed by atoms with Crippen molar-refractivity contribution in [3.63, 3.8) is 0 Å². The number of aromatic nitrogens is 5. The van der Waals surface area contributed by atoms with Crippen molar-refractivity contribution < 1.29 is 19.0 Å². The lowest BCUT2D eigenvalue weighted by atomic mass is 10.1. The number of hydrogen-bond donors (Lipinski definition) is 1. The van der Waals surface area contributed by atoms with E-state index in [9.17, 15) is 4.79 Å². The van der Waals surface area contributed by atoms with E-state index < -0.39 is 11.7 Å². The molecule has 0 bridgehead atoms. The molecule has 4 heterocycles. The monoisotopic (exact) mass is 496 g/mol. The zero-order valence-corrected chi connectivity index (χ0v) is 22.0. The van der Waals surface area contributed by atoms with Crippen LogP contribution in [0.25, 0.3) is 28.2 Å². The molecule has 194 valence electrons. The Morgan fingerprint density at radius 3 is 2.83 bits per heavy atom. The number of carbonyl (C=O) groups is 1. The summed E-state index contributed by atoms with van der Waals surface area (Å²) in [6.45, 7) is 14.3. The third-order valence-corrected chi connectivity index (χ3v) is 5.92. The quantitative estimate of drug-likeness (QED) is 0.502. The van der Waals surface area contributed by atoms with Gasteiger partial charge in [0.25, 0.3) is 0 Å². The Morgan fingerprint density at radius 2 is 2.17 bits per heavy atom. The van der Waals surface area contributed by atoms with Gasteiger partial charge in [0.15, 0.2) is 6.23 Å². The third-order valence-electron chi connectivity index (χ3n) is 5.92. The zero-order valence-electron chi connectivity index (χ0n) is 22.0. The number of alkyl carbamates (subject to hydrolysis) is 1. The van der Waals surface area contributed by atoms with E-state index in [1.54, 1.807) is 17.0 Å². The van der Waals surface area contributed by atoms with Crippen molar-refractivity contribution in [3.8, 4) is 17.1 Å². The standard InChI is InChI=1S/C26H36N6O4/c1-8-20-18-13-21(29-17(3)23(18)32(30-20)22-11-9-10-12-34-22)19-15-28-31(7)24(19)35-16(2)14-27-25(33)36-26(4,5)6/h8,13,15-16,22H,1,9-12,14H2,2-7H3,(H,27,33)/t16-,22?/m1/s1. The zero-order chi connectivity index (χ0) is 26.0. The number of nitrogens with one attached hydrogen (secondary N) is 1. The molecule has 1 N–H and O–H groups in total. The van der Waals surface area contributed by atoms with Crippen LogP contribution in [0.15, 0.2) is 18.8 Å². The van der Waals surface area contributed by atoms with Gasteiger partial charge >= 0.3 is 6.09 Å². The lowest BCUT2D eigenvalue weighted by molar-refractivity contribution is -0.0368. The summed E-state index contributed by atoms with van der Waals surface area (Å²) >= 11 is 0. The lowest BCUT2D eigenvalue weighted by Crippen LogP contribution is -2.37. The molecule has 3 aromatic heterocycles. The number of pyridine rings is 1. The maximum Gasteiger partial charge on any atom is 0.407 e. The minimum absolute atomic E-state index is 0.100. The summed E-state index contributed by atoms with van der Waals surface area (Å²) in [4.78, 5) is 16.9. The van der Waals surface area contributed by atoms with Gasteiger partial charge in [-0.15, -0.1) is 0 Å². The fourth-order valence-electron chi connectivity index (χ4n) is 4.30. The molecule has 3 aromatic rings. The Balaban J connectivity index is 1.60. The maximum atomic E-state index is 12.0. The molecular formula is C26H36N6O4. The molecule has 4 rings (SSSR count). The average Bonchev–Trinajstić information content (AvgIpc) is 3.38. The van der Waals surface area contributed by atoms with Gasteiger partial charge in [-0.2, -0.15) is 10.2 Å². The van der Waals surface area contributed by atoms with Gasteiger partial charge in [-0.3, -0.25) is 4.98 Å². The van der Waals surface area contributed by atoms with Crippen molar-refractivity contribution in [2.24, 2.45) is 7.05 Å². The summed E-state index contributed by atoms with van der Waals surface area (Å²) < 4.78 is 21.1. The Kier molecular flexibility index (Phi) is 7.35. The van der Waals surface area contributed by atoms with E-state index in [1.165, 1.54) is 0 Å². The van der Waals surface area contributed by atoms with Gasteiger partial charge in [0.2, 0.25) is 5.88 Å². The molecule has 0 radical (unpaired) electrons. The molecule has 0 aromatic carbocycles. The molecule has 36 heavy (non-hydrogen) atoms. The summed E-state index contributed by atoms with van der Waals surface area (Å²) in [7, 11) is 1.81. The van der Waals surface area contributed by atoms with Crippen LogP contribution < -0.4 is 10.1 Å². The fraction of sp³-hybridized carbons (Fsp3) is 0.538. The Hall–Kier alpha value is -3.40. The molecule has 0 aliphatic carbocycles. The SMILES string of the molecule is C=Cc1nn(C2CCCCO2)c2c(C)nc(-c3cnn(C)c3O[C@H](C)CNC(=O)OC(C)(C)C)cc12. The van der Waals surface area contributed by atoms with Crippen molar-refractivity contribution in [3.05, 3.63) is 30.2 Å². The van der Waals surface area contributed by atoms with E-state index >= 15 is 0 Å². The molecule has 10 nitrogen and oxygen atoms in total. The van der Waals surface area contributed by atoms with Crippen molar-refractivity contribution in [1.29, 1.82) is 0 Å². The van der Waals surface area contributed by atoms with Gasteiger partial charge in [-0.1, -0.05) is 6.58 Å². The number of amides is 1. The van der Waals surface area contributed by atoms with E-state index in [4.69, 9.17) is 24.3 Å². The van der Waals surface area contributed by atoms with Crippen LogP contribution in [0.3, 0.4) is 0 Å². The maximum absolute atomic E-state index is 12.0. The average molecular weight is 497 g/mol. The van der Waals surface area contributed by atoms with Crippen molar-refractivity contribution in [2.45, 2.75) is 71.8 Å². The van der Waals surface area contributed by atoms with Crippen LogP contribution in [0.1, 0.15) is 64.6 Å². The number of fused-ring (bicyclic) bond motifs is 1. The van der Waals surface area contributed by atoms with Crippen molar-refractivity contribution in [1.82, 2.24) is 29.9 Å². The summed E-state index contributed by atoms with van der Waals surface area (Å²) in [6, 6.07) is 2.00. The van der Waals surface area contributed by atoms with Crippen LogP contribution in [0.2, 0.25) is 0 Å². The summed E-state index contributed by atoms with van der Waals surface area (Å²) in [5.74, 6) is 0.558. The fourth-order valence-corrected chi connectivity index (χ4v) is 4.30. The number of ether oxygens (including phenoxy) is 3. The Labute approximate surface area is 211 Å². The second kappa shape index (κ2) is 10.3. The van der Waals surface area contributed by atoms with Crippen LogP contribution in [0.4, 0.5) is 4.79 Å². The molecule has 1 amide bonds. The van der Waals surface area contributed by atoms with Crippen LogP contribution in [0, 0.1) is 6.92 Å². The largest absolute Gasteiger partial charge is 0.472 e. The first-order valence-corrected chi connectivity index (χ1v) is 12.4. The van der Waals surface area contributed by atoms with Crippen LogP contribution in [0.5, 0.6) is 5.88 Å². The number of carbonyl (C=O) groups excluding carboxylic acids is 1. The highest BCUT2D eigenvalue weighted by molar-refractivity contribution is 5.91. The second-order valence-corrected chi connectivity index (χ2v) is 10.1. The minimum atomic E-state index is -0.563. The van der Waals surface area contributed by atoms with Crippen molar-refractivity contribution >= 4 is 23.1 Å². The molecule has 1 aliphatic heterocycles. The van der Waals surface area contributed by atoms with Crippen LogP contribution in [-0.2, 0) is 16.5 Å². The first kappa shape index (κ1) is 25.7. The van der Waals surface area contributed by atoms with Crippen LogP contribution in [-0.4, -0.2) is 55.5 Å². The van der Waals surface area contributed by atoms with E-state index in [-0.39, 0.29) is 18.9 Å². The molecule has 0 saturated carbocycles. The third kappa shape index (κ3) is 5.53. The van der Waals surface area contributed by atoms with Crippen LogP contribution >= 0.6 is 0 Å². The second-order valence-electron chi connectivity index (χ2n) is 10.1. The lowest BCUT2D eigenvalue weighted by Gasteiger charge is -2.23.